The van der Waals surface area contributed by atoms with E-state index in [2.05, 4.69) is 4.74 Å². The van der Waals surface area contributed by atoms with E-state index in [1.54, 1.807) is 0 Å². The lowest BCUT2D eigenvalue weighted by atomic mass is 10.6. The molecule has 10 heavy (non-hydrogen) atoms. The molecule has 0 N–H and O–H groups in total. The average molecular weight is 145 g/mol. The van der Waals surface area contributed by atoms with Gasteiger partial charge >= 0.3 is 12.6 Å². The van der Waals surface area contributed by atoms with E-state index < -0.39 is 6.09 Å². The lowest BCUT2D eigenvalue weighted by Crippen LogP contribution is -2.30. The summed E-state index contributed by atoms with van der Waals surface area (Å²) in [7, 11) is 0. The average Bonchev–Trinajstić information content (AvgIpc) is 1.91. The van der Waals surface area contributed by atoms with Gasteiger partial charge < -0.3 is 9.64 Å². The van der Waals surface area contributed by atoms with Gasteiger partial charge in [-0.1, -0.05) is 0 Å². The molecule has 0 heterocycles. The molecule has 0 fully saturated rings. The van der Waals surface area contributed by atoms with E-state index in [-0.39, 0.29) is 6.47 Å². The molecule has 4 nitrogen and oxygen atoms in total. The molecule has 58 valence electrons. The van der Waals surface area contributed by atoms with E-state index in [1.165, 1.54) is 4.90 Å². The van der Waals surface area contributed by atoms with Gasteiger partial charge in [0.15, 0.2) is 0 Å². The number of carbonyl (C=O) groups is 2. The largest absolute Gasteiger partial charge is 0.417 e. The second-order valence-corrected chi connectivity index (χ2v) is 1.65. The molecule has 0 saturated heterocycles. The van der Waals surface area contributed by atoms with Gasteiger partial charge in [-0.3, -0.25) is 4.79 Å². The Balaban J connectivity index is 3.76. The number of amides is 1. The minimum Gasteiger partial charge on any atom is -0.379 e. The van der Waals surface area contributed by atoms with Crippen molar-refractivity contribution in [1.29, 1.82) is 0 Å². The van der Waals surface area contributed by atoms with Gasteiger partial charge in [0.05, 0.1) is 0 Å². The third kappa shape index (κ3) is 2.48. The first-order valence-electron chi connectivity index (χ1n) is 3.15. The van der Waals surface area contributed by atoms with Crippen LogP contribution in [0.2, 0.25) is 0 Å². The first kappa shape index (κ1) is 8.94. The van der Waals surface area contributed by atoms with Crippen molar-refractivity contribution in [3.63, 3.8) is 0 Å². The summed E-state index contributed by atoms with van der Waals surface area (Å²) in [6.07, 6.45) is -0.583. The van der Waals surface area contributed by atoms with Gasteiger partial charge in [-0.25, -0.2) is 4.79 Å². The van der Waals surface area contributed by atoms with Gasteiger partial charge in [0, 0.05) is 13.1 Å². The van der Waals surface area contributed by atoms with Crippen molar-refractivity contribution in [2.75, 3.05) is 13.1 Å². The molecule has 0 rings (SSSR count). The summed E-state index contributed by atoms with van der Waals surface area (Å²) in [5.74, 6) is 0. The topological polar surface area (TPSA) is 46.6 Å². The summed E-state index contributed by atoms with van der Waals surface area (Å²) in [5.41, 5.74) is 0. The molecule has 0 aromatic carbocycles. The maximum absolute atomic E-state index is 10.7. The molecule has 0 aromatic rings. The zero-order valence-electron chi connectivity index (χ0n) is 6.16. The van der Waals surface area contributed by atoms with Crippen LogP contribution in [0.3, 0.4) is 0 Å². The van der Waals surface area contributed by atoms with Crippen molar-refractivity contribution in [3.05, 3.63) is 0 Å². The fraction of sp³-hybridized carbons (Fsp3) is 0.667. The minimum atomic E-state index is -0.583. The van der Waals surface area contributed by atoms with Crippen LogP contribution in [0.1, 0.15) is 13.8 Å². The van der Waals surface area contributed by atoms with Crippen molar-refractivity contribution in [2.45, 2.75) is 13.8 Å². The molecular weight excluding hydrogens is 134 g/mol. The fourth-order valence-corrected chi connectivity index (χ4v) is 0.597. The molecule has 0 aliphatic heterocycles. The number of rotatable bonds is 3. The van der Waals surface area contributed by atoms with Crippen LogP contribution in [0.5, 0.6) is 0 Å². The van der Waals surface area contributed by atoms with E-state index in [9.17, 15) is 9.59 Å². The van der Waals surface area contributed by atoms with Gasteiger partial charge in [0.2, 0.25) is 0 Å². The Hall–Kier alpha value is -1.06. The summed E-state index contributed by atoms with van der Waals surface area (Å²) >= 11 is 0. The summed E-state index contributed by atoms with van der Waals surface area (Å²) in [6, 6.07) is 0. The smallest absolute Gasteiger partial charge is 0.379 e. The normalized spacial score (nSPS) is 8.60. The zero-order chi connectivity index (χ0) is 7.98. The highest BCUT2D eigenvalue weighted by atomic mass is 16.6. The van der Waals surface area contributed by atoms with E-state index in [0.29, 0.717) is 13.1 Å². The SMILES string of the molecule is CCN(CC)C(=O)OC=O. The lowest BCUT2D eigenvalue weighted by Gasteiger charge is -2.14. The Morgan fingerprint density at radius 3 is 2.30 bits per heavy atom. The van der Waals surface area contributed by atoms with Crippen LogP contribution < -0.4 is 0 Å². The van der Waals surface area contributed by atoms with Crippen LogP contribution in [0.4, 0.5) is 4.79 Å². The lowest BCUT2D eigenvalue weighted by molar-refractivity contribution is -0.124. The molecule has 1 amide bonds. The molecule has 4 heteroatoms. The number of carbonyl (C=O) groups excluding carboxylic acids is 2. The maximum Gasteiger partial charge on any atom is 0.417 e. The van der Waals surface area contributed by atoms with E-state index in [1.807, 2.05) is 13.8 Å². The Labute approximate surface area is 59.8 Å². The number of hydrogen-bond donors (Lipinski definition) is 0. The number of ether oxygens (including phenoxy) is 1. The Kier molecular flexibility index (Phi) is 4.28. The standard InChI is InChI=1S/C6H11NO3/c1-3-7(4-2)6(9)10-5-8/h5H,3-4H2,1-2H3. The molecule has 0 radical (unpaired) electrons. The maximum atomic E-state index is 10.7. The van der Waals surface area contributed by atoms with Crippen LogP contribution in [-0.2, 0) is 9.53 Å². The molecule has 0 atom stereocenters. The van der Waals surface area contributed by atoms with Gasteiger partial charge in [-0.2, -0.15) is 0 Å². The second-order valence-electron chi connectivity index (χ2n) is 1.65. The van der Waals surface area contributed by atoms with Crippen molar-refractivity contribution in [3.8, 4) is 0 Å². The molecule has 0 bridgehead atoms. The first-order valence-corrected chi connectivity index (χ1v) is 3.15. The minimum absolute atomic E-state index is 0.140. The fourth-order valence-electron chi connectivity index (χ4n) is 0.597. The van der Waals surface area contributed by atoms with Crippen LogP contribution in [0.25, 0.3) is 0 Å². The second kappa shape index (κ2) is 4.78. The molecule has 0 aliphatic carbocycles. The Morgan fingerprint density at radius 1 is 1.50 bits per heavy atom. The zero-order valence-corrected chi connectivity index (χ0v) is 6.16. The first-order chi connectivity index (χ1) is 4.76. The van der Waals surface area contributed by atoms with E-state index in [0.717, 1.165) is 0 Å². The van der Waals surface area contributed by atoms with Gasteiger partial charge in [0.25, 0.3) is 0 Å². The Morgan fingerprint density at radius 2 is 2.00 bits per heavy atom. The quantitative estimate of drug-likeness (QED) is 0.432. The predicted molar refractivity (Wildman–Crippen MR) is 35.5 cm³/mol. The van der Waals surface area contributed by atoms with E-state index in [4.69, 9.17) is 0 Å². The molecule has 0 saturated carbocycles. The molecule has 0 spiro atoms. The van der Waals surface area contributed by atoms with Crippen molar-refractivity contribution in [1.82, 2.24) is 4.90 Å². The van der Waals surface area contributed by atoms with Crippen molar-refractivity contribution < 1.29 is 14.3 Å². The molecule has 0 unspecified atom stereocenters. The molecule has 0 aromatic heterocycles. The number of hydrogen-bond acceptors (Lipinski definition) is 3. The highest BCUT2D eigenvalue weighted by Crippen LogP contribution is 1.90. The Bertz CT molecular complexity index is 120. The highest BCUT2D eigenvalue weighted by Gasteiger charge is 2.08. The number of nitrogens with zero attached hydrogens (tertiary/aromatic N) is 1. The van der Waals surface area contributed by atoms with Crippen molar-refractivity contribution in [2.24, 2.45) is 0 Å². The van der Waals surface area contributed by atoms with Crippen LogP contribution in [0.15, 0.2) is 0 Å². The monoisotopic (exact) mass is 145 g/mol. The van der Waals surface area contributed by atoms with Gasteiger partial charge in [-0.15, -0.1) is 0 Å². The van der Waals surface area contributed by atoms with E-state index >= 15 is 0 Å². The van der Waals surface area contributed by atoms with Crippen LogP contribution in [-0.4, -0.2) is 30.6 Å². The van der Waals surface area contributed by atoms with Gasteiger partial charge in [0.1, 0.15) is 0 Å². The predicted octanol–water partition coefficient (Wildman–Crippen LogP) is 0.621. The summed E-state index contributed by atoms with van der Waals surface area (Å²) < 4.78 is 4.09. The van der Waals surface area contributed by atoms with Crippen LogP contribution in [0, 0.1) is 0 Å². The third-order valence-corrected chi connectivity index (χ3v) is 1.17. The molecular formula is C6H11NO3. The van der Waals surface area contributed by atoms with Crippen molar-refractivity contribution >= 4 is 12.6 Å². The highest BCUT2D eigenvalue weighted by molar-refractivity contribution is 5.74. The van der Waals surface area contributed by atoms with Gasteiger partial charge in [-0.05, 0) is 13.8 Å². The third-order valence-electron chi connectivity index (χ3n) is 1.17. The summed E-state index contributed by atoms with van der Waals surface area (Å²) in [6.45, 7) is 4.89. The summed E-state index contributed by atoms with van der Waals surface area (Å²) in [4.78, 5) is 21.8. The summed E-state index contributed by atoms with van der Waals surface area (Å²) in [5, 5.41) is 0. The van der Waals surface area contributed by atoms with Crippen LogP contribution >= 0.6 is 0 Å². The molecule has 0 aliphatic rings.